The molecule has 0 aliphatic rings. The molecular formula is C14H12ClFN2O3. The van der Waals surface area contributed by atoms with Crippen molar-refractivity contribution in [3.05, 3.63) is 62.9 Å². The number of nitrogens with two attached hydrogens (primary N) is 1. The van der Waals surface area contributed by atoms with Gasteiger partial charge in [-0.2, -0.15) is 0 Å². The van der Waals surface area contributed by atoms with Crippen molar-refractivity contribution in [3.63, 3.8) is 0 Å². The van der Waals surface area contributed by atoms with Crippen LogP contribution in [0.15, 0.2) is 36.4 Å². The van der Waals surface area contributed by atoms with Crippen LogP contribution in [-0.2, 0) is 0 Å². The zero-order valence-electron chi connectivity index (χ0n) is 11.0. The Morgan fingerprint density at radius 1 is 1.38 bits per heavy atom. The van der Waals surface area contributed by atoms with Crippen LogP contribution in [0.5, 0.6) is 11.5 Å². The van der Waals surface area contributed by atoms with Gasteiger partial charge < -0.3 is 10.5 Å². The highest BCUT2D eigenvalue weighted by atomic mass is 35.5. The summed E-state index contributed by atoms with van der Waals surface area (Å²) in [5.41, 5.74) is 5.91. The van der Waals surface area contributed by atoms with Gasteiger partial charge >= 0.3 is 5.69 Å². The Bertz CT molecular complexity index is 692. The minimum Gasteiger partial charge on any atom is -0.445 e. The molecule has 0 saturated heterocycles. The second kappa shape index (κ2) is 6.07. The fourth-order valence-electron chi connectivity index (χ4n) is 1.74. The average molecular weight is 311 g/mol. The van der Waals surface area contributed by atoms with E-state index in [0.717, 1.165) is 0 Å². The van der Waals surface area contributed by atoms with Gasteiger partial charge in [0.15, 0.2) is 11.6 Å². The summed E-state index contributed by atoms with van der Waals surface area (Å²) in [6.07, 6.45) is 0. The Hall–Kier alpha value is -2.18. The third kappa shape index (κ3) is 3.29. The van der Waals surface area contributed by atoms with E-state index in [1.807, 2.05) is 0 Å². The molecule has 21 heavy (non-hydrogen) atoms. The van der Waals surface area contributed by atoms with Crippen LogP contribution in [0.2, 0.25) is 5.02 Å². The van der Waals surface area contributed by atoms with Gasteiger partial charge in [-0.15, -0.1) is 0 Å². The molecule has 2 aromatic carbocycles. The van der Waals surface area contributed by atoms with E-state index < -0.39 is 10.7 Å². The Labute approximate surface area is 125 Å². The maximum Gasteiger partial charge on any atom is 0.313 e. The van der Waals surface area contributed by atoms with Crippen LogP contribution in [0, 0.1) is 15.9 Å². The zero-order valence-corrected chi connectivity index (χ0v) is 11.8. The molecule has 0 radical (unpaired) electrons. The van der Waals surface area contributed by atoms with Crippen molar-refractivity contribution in [3.8, 4) is 11.5 Å². The van der Waals surface area contributed by atoms with Crippen molar-refractivity contribution >= 4 is 17.3 Å². The van der Waals surface area contributed by atoms with Gasteiger partial charge in [-0.25, -0.2) is 4.39 Å². The molecule has 110 valence electrons. The highest BCUT2D eigenvalue weighted by molar-refractivity contribution is 6.32. The van der Waals surface area contributed by atoms with Gasteiger partial charge in [0.1, 0.15) is 0 Å². The molecule has 0 spiro atoms. The smallest absolute Gasteiger partial charge is 0.313 e. The molecule has 2 aromatic rings. The minimum absolute atomic E-state index is 0.0277. The topological polar surface area (TPSA) is 78.4 Å². The normalized spacial score (nSPS) is 12.0. The lowest BCUT2D eigenvalue weighted by atomic mass is 10.1. The molecule has 1 unspecified atom stereocenters. The Morgan fingerprint density at radius 2 is 2.10 bits per heavy atom. The summed E-state index contributed by atoms with van der Waals surface area (Å²) >= 11 is 5.89. The lowest BCUT2D eigenvalue weighted by molar-refractivity contribution is -0.385. The van der Waals surface area contributed by atoms with Crippen molar-refractivity contribution in [2.75, 3.05) is 0 Å². The number of para-hydroxylation sites is 1. The summed E-state index contributed by atoms with van der Waals surface area (Å²) in [5, 5.41) is 11.0. The van der Waals surface area contributed by atoms with Crippen molar-refractivity contribution < 1.29 is 14.1 Å². The maximum absolute atomic E-state index is 14.0. The first kappa shape index (κ1) is 15.2. The molecule has 2 rings (SSSR count). The lowest BCUT2D eigenvalue weighted by Gasteiger charge is -2.11. The fourth-order valence-corrected chi connectivity index (χ4v) is 1.94. The first-order valence-electron chi connectivity index (χ1n) is 6.06. The number of halogens is 2. The SMILES string of the molecule is CC(N)c1ccc(Oc2c(Cl)cccc2[N+](=O)[O-])c(F)c1. The molecule has 1 atom stereocenters. The number of nitrogens with zero attached hydrogens (tertiary/aromatic N) is 1. The van der Waals surface area contributed by atoms with Crippen LogP contribution in [-0.4, -0.2) is 4.92 Å². The maximum atomic E-state index is 14.0. The number of rotatable bonds is 4. The molecule has 0 aliphatic carbocycles. The van der Waals surface area contributed by atoms with Crippen molar-refractivity contribution in [2.24, 2.45) is 5.73 Å². The number of ether oxygens (including phenoxy) is 1. The van der Waals surface area contributed by atoms with Crippen LogP contribution in [0.3, 0.4) is 0 Å². The summed E-state index contributed by atoms with van der Waals surface area (Å²) in [6.45, 7) is 1.72. The van der Waals surface area contributed by atoms with E-state index in [4.69, 9.17) is 22.1 Å². The summed E-state index contributed by atoms with van der Waals surface area (Å²) in [7, 11) is 0. The Morgan fingerprint density at radius 3 is 2.67 bits per heavy atom. The van der Waals surface area contributed by atoms with E-state index in [9.17, 15) is 14.5 Å². The predicted molar refractivity (Wildman–Crippen MR) is 77.2 cm³/mol. The number of hydrogen-bond donors (Lipinski definition) is 1. The molecule has 5 nitrogen and oxygen atoms in total. The van der Waals surface area contributed by atoms with Gasteiger partial charge in [0.2, 0.25) is 5.75 Å². The van der Waals surface area contributed by atoms with Crippen molar-refractivity contribution in [1.29, 1.82) is 0 Å². The third-order valence-corrected chi connectivity index (χ3v) is 3.13. The quantitative estimate of drug-likeness (QED) is 0.678. The van der Waals surface area contributed by atoms with E-state index in [1.54, 1.807) is 13.0 Å². The van der Waals surface area contributed by atoms with Crippen molar-refractivity contribution in [2.45, 2.75) is 13.0 Å². The Kier molecular flexibility index (Phi) is 4.40. The second-order valence-corrected chi connectivity index (χ2v) is 4.83. The molecule has 0 aromatic heterocycles. The average Bonchev–Trinajstić information content (AvgIpc) is 2.42. The summed E-state index contributed by atoms with van der Waals surface area (Å²) in [5.74, 6) is -1.02. The number of nitro benzene ring substituents is 1. The molecule has 0 heterocycles. The lowest BCUT2D eigenvalue weighted by Crippen LogP contribution is -2.05. The highest BCUT2D eigenvalue weighted by Crippen LogP contribution is 2.38. The van der Waals surface area contributed by atoms with Gasteiger partial charge in [-0.05, 0) is 30.7 Å². The molecule has 0 aliphatic heterocycles. The summed E-state index contributed by atoms with van der Waals surface area (Å²) < 4.78 is 19.2. The Balaban J connectivity index is 2.41. The fraction of sp³-hybridized carbons (Fsp3) is 0.143. The summed E-state index contributed by atoms with van der Waals surface area (Å²) in [4.78, 5) is 10.3. The number of hydrogen-bond acceptors (Lipinski definition) is 4. The summed E-state index contributed by atoms with van der Waals surface area (Å²) in [6, 6.07) is 7.93. The minimum atomic E-state index is -0.668. The number of benzene rings is 2. The van der Waals surface area contributed by atoms with Crippen molar-refractivity contribution in [1.82, 2.24) is 0 Å². The van der Waals surface area contributed by atoms with Crippen LogP contribution >= 0.6 is 11.6 Å². The molecule has 0 saturated carbocycles. The zero-order chi connectivity index (χ0) is 15.6. The predicted octanol–water partition coefficient (Wildman–Crippen LogP) is 4.20. The molecule has 2 N–H and O–H groups in total. The monoisotopic (exact) mass is 310 g/mol. The molecule has 0 fully saturated rings. The van der Waals surface area contributed by atoms with Gasteiger partial charge in [-0.3, -0.25) is 10.1 Å². The van der Waals surface area contributed by atoms with E-state index >= 15 is 0 Å². The molecule has 7 heteroatoms. The van der Waals surface area contributed by atoms with Gasteiger partial charge in [0.05, 0.1) is 9.95 Å². The number of nitro groups is 1. The van der Waals surface area contributed by atoms with E-state index in [1.165, 1.54) is 30.3 Å². The van der Waals surface area contributed by atoms with Crippen LogP contribution in [0.4, 0.5) is 10.1 Å². The largest absolute Gasteiger partial charge is 0.445 e. The van der Waals surface area contributed by atoms with Crippen LogP contribution < -0.4 is 10.5 Å². The molecular weight excluding hydrogens is 299 g/mol. The van der Waals surface area contributed by atoms with Crippen LogP contribution in [0.25, 0.3) is 0 Å². The highest BCUT2D eigenvalue weighted by Gasteiger charge is 2.20. The second-order valence-electron chi connectivity index (χ2n) is 4.43. The van der Waals surface area contributed by atoms with Gasteiger partial charge in [0, 0.05) is 12.1 Å². The third-order valence-electron chi connectivity index (χ3n) is 2.84. The van der Waals surface area contributed by atoms with Crippen LogP contribution in [0.1, 0.15) is 18.5 Å². The molecule has 0 bridgehead atoms. The van der Waals surface area contributed by atoms with E-state index in [-0.39, 0.29) is 28.3 Å². The standard InChI is InChI=1S/C14H12ClFN2O3/c1-8(17)9-5-6-13(11(16)7-9)21-14-10(15)3-2-4-12(14)18(19)20/h2-8H,17H2,1H3. The first-order valence-corrected chi connectivity index (χ1v) is 6.43. The van der Waals surface area contributed by atoms with E-state index in [0.29, 0.717) is 5.56 Å². The van der Waals surface area contributed by atoms with Gasteiger partial charge in [0.25, 0.3) is 0 Å². The molecule has 0 amide bonds. The van der Waals surface area contributed by atoms with Gasteiger partial charge in [-0.1, -0.05) is 23.7 Å². The first-order chi connectivity index (χ1) is 9.90. The van der Waals surface area contributed by atoms with E-state index in [2.05, 4.69) is 0 Å².